The smallest absolute Gasteiger partial charge is 0.272 e. The summed E-state index contributed by atoms with van der Waals surface area (Å²) in [6.45, 7) is 0. The van der Waals surface area contributed by atoms with Crippen molar-refractivity contribution in [2.24, 2.45) is 0 Å². The first-order valence-corrected chi connectivity index (χ1v) is 5.76. The van der Waals surface area contributed by atoms with E-state index < -0.39 is 16.6 Å². The molecule has 0 fully saturated rings. The standard InChI is InChI=1S/C11H6BrFN2O4/c12-10-7(3-4-19-10)11(16)14-9-2-1-6(15(17)18)5-8(9)13/h1-5H,(H,14,16). The van der Waals surface area contributed by atoms with Crippen molar-refractivity contribution in [3.8, 4) is 0 Å². The van der Waals surface area contributed by atoms with Gasteiger partial charge in [0, 0.05) is 6.07 Å². The maximum Gasteiger partial charge on any atom is 0.272 e. The molecular formula is C11H6BrFN2O4. The van der Waals surface area contributed by atoms with Gasteiger partial charge < -0.3 is 9.73 Å². The molecular weight excluding hydrogens is 323 g/mol. The quantitative estimate of drug-likeness (QED) is 0.691. The first-order chi connectivity index (χ1) is 8.99. The zero-order valence-corrected chi connectivity index (χ0v) is 10.8. The molecule has 98 valence electrons. The van der Waals surface area contributed by atoms with Crippen LogP contribution in [-0.4, -0.2) is 10.8 Å². The lowest BCUT2D eigenvalue weighted by atomic mass is 10.2. The van der Waals surface area contributed by atoms with Crippen LogP contribution >= 0.6 is 15.9 Å². The third-order valence-corrected chi connectivity index (χ3v) is 2.89. The molecule has 1 aromatic heterocycles. The van der Waals surface area contributed by atoms with Gasteiger partial charge >= 0.3 is 0 Å². The summed E-state index contributed by atoms with van der Waals surface area (Å²) < 4.78 is 18.7. The van der Waals surface area contributed by atoms with Gasteiger partial charge in [0.05, 0.1) is 28.5 Å². The molecule has 0 saturated carbocycles. The molecule has 0 bridgehead atoms. The molecule has 0 aliphatic heterocycles. The van der Waals surface area contributed by atoms with Crippen LogP contribution in [0.2, 0.25) is 0 Å². The van der Waals surface area contributed by atoms with Gasteiger partial charge in [-0.15, -0.1) is 0 Å². The molecule has 1 amide bonds. The number of halogens is 2. The third-order valence-electron chi connectivity index (χ3n) is 2.27. The summed E-state index contributed by atoms with van der Waals surface area (Å²) in [4.78, 5) is 21.5. The number of non-ortho nitro benzene ring substituents is 1. The molecule has 2 rings (SSSR count). The van der Waals surface area contributed by atoms with E-state index in [2.05, 4.69) is 21.2 Å². The highest BCUT2D eigenvalue weighted by atomic mass is 79.9. The van der Waals surface area contributed by atoms with E-state index in [1.54, 1.807) is 0 Å². The minimum atomic E-state index is -0.887. The molecule has 8 heteroatoms. The first-order valence-electron chi connectivity index (χ1n) is 4.97. The Morgan fingerprint density at radius 1 is 1.42 bits per heavy atom. The highest BCUT2D eigenvalue weighted by molar-refractivity contribution is 9.10. The van der Waals surface area contributed by atoms with Crippen LogP contribution in [0.4, 0.5) is 15.8 Å². The van der Waals surface area contributed by atoms with Crippen LogP contribution in [0.5, 0.6) is 0 Å². The molecule has 0 saturated heterocycles. The Balaban J connectivity index is 2.23. The zero-order valence-electron chi connectivity index (χ0n) is 9.22. The number of benzene rings is 1. The molecule has 1 aromatic carbocycles. The normalized spacial score (nSPS) is 10.2. The number of amides is 1. The summed E-state index contributed by atoms with van der Waals surface area (Å²) in [7, 11) is 0. The Morgan fingerprint density at radius 2 is 2.16 bits per heavy atom. The molecule has 0 spiro atoms. The minimum absolute atomic E-state index is 0.149. The Kier molecular flexibility index (Phi) is 3.61. The van der Waals surface area contributed by atoms with Crippen molar-refractivity contribution in [1.29, 1.82) is 0 Å². The highest BCUT2D eigenvalue weighted by Crippen LogP contribution is 2.23. The molecule has 0 unspecified atom stereocenters. The molecule has 1 heterocycles. The Bertz CT molecular complexity index is 656. The number of rotatable bonds is 3. The van der Waals surface area contributed by atoms with Gasteiger partial charge in [0.1, 0.15) is 0 Å². The van der Waals surface area contributed by atoms with E-state index in [0.29, 0.717) is 0 Å². The fourth-order valence-corrected chi connectivity index (χ4v) is 1.78. The number of nitrogens with one attached hydrogen (secondary N) is 1. The van der Waals surface area contributed by atoms with Gasteiger partial charge in [-0.2, -0.15) is 0 Å². The van der Waals surface area contributed by atoms with E-state index >= 15 is 0 Å². The number of hydrogen-bond donors (Lipinski definition) is 1. The molecule has 1 N–H and O–H groups in total. The van der Waals surface area contributed by atoms with E-state index in [1.165, 1.54) is 12.3 Å². The second-order valence-corrected chi connectivity index (χ2v) is 4.20. The number of furan rings is 1. The van der Waals surface area contributed by atoms with Crippen LogP contribution in [0.25, 0.3) is 0 Å². The average Bonchev–Trinajstić information content (AvgIpc) is 2.77. The number of carbonyl (C=O) groups is 1. The van der Waals surface area contributed by atoms with Crippen molar-refractivity contribution < 1.29 is 18.5 Å². The van der Waals surface area contributed by atoms with Crippen LogP contribution in [0, 0.1) is 15.9 Å². The lowest BCUT2D eigenvalue weighted by Crippen LogP contribution is -2.12. The Hall–Kier alpha value is -2.22. The lowest BCUT2D eigenvalue weighted by Gasteiger charge is -2.05. The average molecular weight is 329 g/mol. The third kappa shape index (κ3) is 2.79. The van der Waals surface area contributed by atoms with Gasteiger partial charge in [0.15, 0.2) is 10.5 Å². The first kappa shape index (κ1) is 13.2. The van der Waals surface area contributed by atoms with Gasteiger partial charge in [-0.25, -0.2) is 4.39 Å². The van der Waals surface area contributed by atoms with Crippen LogP contribution in [-0.2, 0) is 0 Å². The number of nitro groups is 1. The van der Waals surface area contributed by atoms with E-state index in [-0.39, 0.29) is 21.6 Å². The largest absolute Gasteiger partial charge is 0.457 e. The van der Waals surface area contributed by atoms with Gasteiger partial charge in [0.2, 0.25) is 0 Å². The molecule has 2 aromatic rings. The lowest BCUT2D eigenvalue weighted by molar-refractivity contribution is -0.385. The summed E-state index contributed by atoms with van der Waals surface area (Å²) in [6, 6.07) is 4.37. The SMILES string of the molecule is O=C(Nc1ccc([N+](=O)[O-])cc1F)c1ccoc1Br. The molecule has 6 nitrogen and oxygen atoms in total. The van der Waals surface area contributed by atoms with Crippen LogP contribution in [0.15, 0.2) is 39.6 Å². The van der Waals surface area contributed by atoms with Gasteiger partial charge in [-0.1, -0.05) is 0 Å². The van der Waals surface area contributed by atoms with E-state index in [4.69, 9.17) is 4.42 Å². The maximum absolute atomic E-state index is 13.6. The van der Waals surface area contributed by atoms with Crippen molar-refractivity contribution in [2.45, 2.75) is 0 Å². The molecule has 19 heavy (non-hydrogen) atoms. The van der Waals surface area contributed by atoms with Gasteiger partial charge in [0.25, 0.3) is 11.6 Å². The van der Waals surface area contributed by atoms with Gasteiger partial charge in [-0.3, -0.25) is 14.9 Å². The molecule has 0 aliphatic carbocycles. The summed E-state index contributed by atoms with van der Waals surface area (Å²) in [5.41, 5.74) is -0.346. The van der Waals surface area contributed by atoms with E-state index in [0.717, 1.165) is 18.2 Å². The van der Waals surface area contributed by atoms with Crippen LogP contribution < -0.4 is 5.32 Å². The fraction of sp³-hybridized carbons (Fsp3) is 0. The highest BCUT2D eigenvalue weighted by Gasteiger charge is 2.16. The number of nitro benzene ring substituents is 1. The van der Waals surface area contributed by atoms with Crippen molar-refractivity contribution >= 4 is 33.2 Å². The topological polar surface area (TPSA) is 85.4 Å². The summed E-state index contributed by atoms with van der Waals surface area (Å²) in [5.74, 6) is -1.48. The van der Waals surface area contributed by atoms with E-state index in [1.807, 2.05) is 0 Å². The predicted molar refractivity (Wildman–Crippen MR) is 67.4 cm³/mol. The fourth-order valence-electron chi connectivity index (χ4n) is 1.36. The minimum Gasteiger partial charge on any atom is -0.457 e. The van der Waals surface area contributed by atoms with Crippen molar-refractivity contribution in [3.63, 3.8) is 0 Å². The molecule has 0 aliphatic rings. The van der Waals surface area contributed by atoms with Crippen LogP contribution in [0.1, 0.15) is 10.4 Å². The summed E-state index contributed by atoms with van der Waals surface area (Å²) in [5, 5.41) is 12.7. The summed E-state index contributed by atoms with van der Waals surface area (Å²) >= 11 is 3.02. The van der Waals surface area contributed by atoms with Gasteiger partial charge in [-0.05, 0) is 28.1 Å². The van der Waals surface area contributed by atoms with E-state index in [9.17, 15) is 19.3 Å². The number of nitrogens with zero attached hydrogens (tertiary/aromatic N) is 1. The monoisotopic (exact) mass is 328 g/mol. The number of carbonyl (C=O) groups excluding carboxylic acids is 1. The zero-order chi connectivity index (χ0) is 14.0. The maximum atomic E-state index is 13.6. The second kappa shape index (κ2) is 5.19. The Morgan fingerprint density at radius 3 is 2.68 bits per heavy atom. The molecule has 0 radical (unpaired) electrons. The van der Waals surface area contributed by atoms with Crippen molar-refractivity contribution in [1.82, 2.24) is 0 Å². The number of hydrogen-bond acceptors (Lipinski definition) is 4. The summed E-state index contributed by atoms with van der Waals surface area (Å²) in [6.07, 6.45) is 1.30. The van der Waals surface area contributed by atoms with Crippen molar-refractivity contribution in [2.75, 3.05) is 5.32 Å². The Labute approximate surface area is 114 Å². The van der Waals surface area contributed by atoms with Crippen LogP contribution in [0.3, 0.4) is 0 Å². The predicted octanol–water partition coefficient (Wildman–Crippen LogP) is 3.34. The second-order valence-electron chi connectivity index (χ2n) is 3.48. The number of anilines is 1. The van der Waals surface area contributed by atoms with Crippen molar-refractivity contribution in [3.05, 3.63) is 56.7 Å². The molecule has 0 atom stereocenters.